The molecule has 2 aliphatic rings. The number of amides is 1. The number of hydrogen-bond acceptors (Lipinski definition) is 6. The zero-order valence-corrected chi connectivity index (χ0v) is 20.7. The predicted octanol–water partition coefficient (Wildman–Crippen LogP) is 4.56. The molecule has 8 heteroatoms. The Bertz CT molecular complexity index is 1260. The van der Waals surface area contributed by atoms with Gasteiger partial charge in [0.25, 0.3) is 5.91 Å². The molecule has 1 amide bonds. The summed E-state index contributed by atoms with van der Waals surface area (Å²) in [5.74, 6) is 1.01. The van der Waals surface area contributed by atoms with E-state index in [0.717, 1.165) is 29.7 Å². The number of rotatable bonds is 8. The van der Waals surface area contributed by atoms with Crippen molar-refractivity contribution in [3.05, 3.63) is 66.4 Å². The molecule has 1 aliphatic carbocycles. The molecular weight excluding hydrogens is 470 g/mol. The van der Waals surface area contributed by atoms with Gasteiger partial charge in [-0.3, -0.25) is 4.79 Å². The molecular formula is C29H31N3O5. The standard InChI is InChI=1S/C29H31N3O5/c33-27(30-18-21-7-3-1-4-8-21)20-37-28(34)14-12-23-19-32(24-9-5-2-6-10-24)31-29(23)22-11-13-25-26(17-22)36-16-15-35-25/h2,5-6,9-14,17,19,21H,1,3-4,7-8,15-16,18,20H2,(H,30,33). The normalized spacial score (nSPS) is 15.5. The summed E-state index contributed by atoms with van der Waals surface area (Å²) in [5.41, 5.74) is 3.11. The quantitative estimate of drug-likeness (QED) is 0.359. The van der Waals surface area contributed by atoms with Gasteiger partial charge in [-0.1, -0.05) is 37.5 Å². The molecule has 1 saturated carbocycles. The largest absolute Gasteiger partial charge is 0.486 e. The SMILES string of the molecule is O=C(COC(=O)C=Cc1cn(-c2ccccc2)nc1-c1ccc2c(c1)OCCO2)NCC1CCCCC1. The zero-order valence-electron chi connectivity index (χ0n) is 20.7. The minimum absolute atomic E-state index is 0.277. The summed E-state index contributed by atoms with van der Waals surface area (Å²) in [5, 5.41) is 7.66. The highest BCUT2D eigenvalue weighted by Crippen LogP contribution is 2.35. The van der Waals surface area contributed by atoms with E-state index in [1.165, 1.54) is 25.3 Å². The van der Waals surface area contributed by atoms with Crippen molar-refractivity contribution in [2.24, 2.45) is 5.92 Å². The van der Waals surface area contributed by atoms with Crippen LogP contribution in [0.2, 0.25) is 0 Å². The maximum atomic E-state index is 12.4. The molecule has 2 heterocycles. The molecule has 0 spiro atoms. The van der Waals surface area contributed by atoms with E-state index in [2.05, 4.69) is 5.32 Å². The van der Waals surface area contributed by atoms with Gasteiger partial charge in [-0.25, -0.2) is 9.48 Å². The lowest BCUT2D eigenvalue weighted by molar-refractivity contribution is -0.143. The van der Waals surface area contributed by atoms with Gasteiger partial charge in [0.2, 0.25) is 0 Å². The number of benzene rings is 2. The van der Waals surface area contributed by atoms with Gasteiger partial charge in [-0.15, -0.1) is 0 Å². The number of aromatic nitrogens is 2. The molecule has 8 nitrogen and oxygen atoms in total. The molecule has 0 unspecified atom stereocenters. The number of hydrogen-bond donors (Lipinski definition) is 1. The van der Waals surface area contributed by atoms with Crippen LogP contribution in [0.25, 0.3) is 23.0 Å². The van der Waals surface area contributed by atoms with E-state index in [1.54, 1.807) is 10.8 Å². The Labute approximate surface area is 216 Å². The monoisotopic (exact) mass is 501 g/mol. The zero-order chi connectivity index (χ0) is 25.5. The van der Waals surface area contributed by atoms with E-state index in [4.69, 9.17) is 19.3 Å². The van der Waals surface area contributed by atoms with Crippen LogP contribution in [-0.4, -0.2) is 48.0 Å². The van der Waals surface area contributed by atoms with Crippen LogP contribution in [0.3, 0.4) is 0 Å². The van der Waals surface area contributed by atoms with Crippen molar-refractivity contribution in [1.29, 1.82) is 0 Å². The Morgan fingerprint density at radius 3 is 2.62 bits per heavy atom. The number of carbonyl (C=O) groups excluding carboxylic acids is 2. The van der Waals surface area contributed by atoms with E-state index in [0.29, 0.717) is 42.9 Å². The number of ether oxygens (including phenoxy) is 3. The number of nitrogens with zero attached hydrogens (tertiary/aromatic N) is 2. The minimum Gasteiger partial charge on any atom is -0.486 e. The summed E-state index contributed by atoms with van der Waals surface area (Å²) in [4.78, 5) is 24.5. The molecule has 0 saturated heterocycles. The molecule has 1 fully saturated rings. The lowest BCUT2D eigenvalue weighted by Crippen LogP contribution is -2.33. The molecule has 2 aromatic carbocycles. The van der Waals surface area contributed by atoms with Crippen molar-refractivity contribution in [2.45, 2.75) is 32.1 Å². The van der Waals surface area contributed by atoms with Crippen LogP contribution in [0.15, 0.2) is 60.8 Å². The summed E-state index contributed by atoms with van der Waals surface area (Å²) in [7, 11) is 0. The Morgan fingerprint density at radius 1 is 1.03 bits per heavy atom. The highest BCUT2D eigenvalue weighted by molar-refractivity contribution is 5.90. The van der Waals surface area contributed by atoms with Crippen molar-refractivity contribution < 1.29 is 23.8 Å². The smallest absolute Gasteiger partial charge is 0.331 e. The Kier molecular flexibility index (Phi) is 7.84. The van der Waals surface area contributed by atoms with Crippen molar-refractivity contribution in [2.75, 3.05) is 26.4 Å². The first-order chi connectivity index (χ1) is 18.2. The Morgan fingerprint density at radius 2 is 1.81 bits per heavy atom. The van der Waals surface area contributed by atoms with Gasteiger partial charge in [0.05, 0.1) is 5.69 Å². The lowest BCUT2D eigenvalue weighted by Gasteiger charge is -2.21. The third-order valence-corrected chi connectivity index (χ3v) is 6.64. The van der Waals surface area contributed by atoms with Gasteiger partial charge in [0.1, 0.15) is 18.9 Å². The van der Waals surface area contributed by atoms with Gasteiger partial charge in [-0.05, 0) is 55.2 Å². The van der Waals surface area contributed by atoms with Crippen LogP contribution in [-0.2, 0) is 14.3 Å². The second-order valence-corrected chi connectivity index (χ2v) is 9.32. The maximum absolute atomic E-state index is 12.4. The van der Waals surface area contributed by atoms with Gasteiger partial charge in [0, 0.05) is 29.9 Å². The molecule has 3 aromatic rings. The predicted molar refractivity (Wildman–Crippen MR) is 140 cm³/mol. The molecule has 0 atom stereocenters. The van der Waals surface area contributed by atoms with Crippen LogP contribution < -0.4 is 14.8 Å². The van der Waals surface area contributed by atoms with E-state index in [1.807, 2.05) is 54.7 Å². The summed E-state index contributed by atoms with van der Waals surface area (Å²) >= 11 is 0. The van der Waals surface area contributed by atoms with Crippen LogP contribution in [0.1, 0.15) is 37.7 Å². The summed E-state index contributed by atoms with van der Waals surface area (Å²) in [6.45, 7) is 1.35. The molecule has 192 valence electrons. The summed E-state index contributed by atoms with van der Waals surface area (Å²) < 4.78 is 18.3. The van der Waals surface area contributed by atoms with E-state index in [-0.39, 0.29) is 12.5 Å². The number of nitrogens with one attached hydrogen (secondary N) is 1. The van der Waals surface area contributed by atoms with Crippen molar-refractivity contribution in [1.82, 2.24) is 15.1 Å². The molecule has 1 aliphatic heterocycles. The van der Waals surface area contributed by atoms with E-state index >= 15 is 0 Å². The van der Waals surface area contributed by atoms with E-state index in [9.17, 15) is 9.59 Å². The Hall–Kier alpha value is -4.07. The Balaban J connectivity index is 1.27. The van der Waals surface area contributed by atoms with Gasteiger partial charge < -0.3 is 19.5 Å². The fourth-order valence-corrected chi connectivity index (χ4v) is 4.68. The summed E-state index contributed by atoms with van der Waals surface area (Å²) in [6, 6.07) is 15.4. The van der Waals surface area contributed by atoms with Crippen molar-refractivity contribution >= 4 is 18.0 Å². The number of carbonyl (C=O) groups is 2. The molecule has 5 rings (SSSR count). The van der Waals surface area contributed by atoms with Gasteiger partial charge >= 0.3 is 5.97 Å². The third-order valence-electron chi connectivity index (χ3n) is 6.64. The molecule has 37 heavy (non-hydrogen) atoms. The third kappa shape index (κ3) is 6.39. The number of para-hydroxylation sites is 1. The highest BCUT2D eigenvalue weighted by Gasteiger charge is 2.17. The lowest BCUT2D eigenvalue weighted by atomic mass is 9.89. The molecule has 1 aromatic heterocycles. The van der Waals surface area contributed by atoms with Crippen LogP contribution >= 0.6 is 0 Å². The van der Waals surface area contributed by atoms with Crippen molar-refractivity contribution in [3.63, 3.8) is 0 Å². The average Bonchev–Trinajstić information content (AvgIpc) is 3.39. The summed E-state index contributed by atoms with van der Waals surface area (Å²) in [6.07, 6.45) is 10.8. The maximum Gasteiger partial charge on any atom is 0.331 e. The fraction of sp³-hybridized carbons (Fsp3) is 0.345. The van der Waals surface area contributed by atoms with Crippen molar-refractivity contribution in [3.8, 4) is 28.4 Å². The first-order valence-corrected chi connectivity index (χ1v) is 12.8. The topological polar surface area (TPSA) is 91.7 Å². The molecule has 0 bridgehead atoms. The van der Waals surface area contributed by atoms with E-state index < -0.39 is 5.97 Å². The molecule has 0 radical (unpaired) electrons. The number of fused-ring (bicyclic) bond motifs is 1. The van der Waals surface area contributed by atoms with Gasteiger partial charge in [0.15, 0.2) is 18.1 Å². The fourth-order valence-electron chi connectivity index (χ4n) is 4.68. The second kappa shape index (κ2) is 11.8. The molecule has 1 N–H and O–H groups in total. The van der Waals surface area contributed by atoms with Gasteiger partial charge in [-0.2, -0.15) is 5.10 Å². The minimum atomic E-state index is -0.589. The van der Waals surface area contributed by atoms with Crippen LogP contribution in [0.4, 0.5) is 0 Å². The number of esters is 1. The van der Waals surface area contributed by atoms with Crippen LogP contribution in [0.5, 0.6) is 11.5 Å². The first-order valence-electron chi connectivity index (χ1n) is 12.8. The second-order valence-electron chi connectivity index (χ2n) is 9.32. The first kappa shape index (κ1) is 24.6. The average molecular weight is 502 g/mol. The highest BCUT2D eigenvalue weighted by atomic mass is 16.6. The van der Waals surface area contributed by atoms with Crippen LogP contribution in [0, 0.1) is 5.92 Å².